The molecule has 2 aromatic carbocycles. The number of nitrogens with zero attached hydrogens (tertiary/aromatic N) is 2. The zero-order chi connectivity index (χ0) is 16.9. The van der Waals surface area contributed by atoms with Crippen LogP contribution in [0.5, 0.6) is 5.19 Å². The first-order valence-electron chi connectivity index (χ1n) is 8.44. The van der Waals surface area contributed by atoms with E-state index in [9.17, 15) is 0 Å². The summed E-state index contributed by atoms with van der Waals surface area (Å²) in [6, 6.07) is 16.3. The number of aromatic amines is 1. The van der Waals surface area contributed by atoms with Crippen molar-refractivity contribution in [3.8, 4) is 5.19 Å². The third-order valence-electron chi connectivity index (χ3n) is 3.89. The van der Waals surface area contributed by atoms with Crippen molar-refractivity contribution < 1.29 is 4.74 Å². The van der Waals surface area contributed by atoms with Gasteiger partial charge >= 0.3 is 0 Å². The Balaban J connectivity index is 1.15. The van der Waals surface area contributed by atoms with Crippen molar-refractivity contribution in [1.82, 2.24) is 15.0 Å². The highest BCUT2D eigenvalue weighted by atomic mass is 32.2. The number of unbranched alkanes of at least 4 members (excludes halogenated alkanes) is 2. The normalized spacial score (nSPS) is 11.4. The maximum absolute atomic E-state index is 5.78. The number of rotatable bonds is 8. The van der Waals surface area contributed by atoms with Crippen LogP contribution in [-0.2, 0) is 0 Å². The molecular formula is C19H19N3OS2. The quantitative estimate of drug-likeness (QED) is 0.328. The average molecular weight is 370 g/mol. The van der Waals surface area contributed by atoms with Gasteiger partial charge in [-0.2, -0.15) is 0 Å². The highest BCUT2D eigenvalue weighted by Crippen LogP contribution is 2.27. The number of ether oxygens (including phenoxy) is 1. The molecule has 0 amide bonds. The van der Waals surface area contributed by atoms with Crippen LogP contribution in [-0.4, -0.2) is 27.3 Å². The van der Waals surface area contributed by atoms with Crippen molar-refractivity contribution in [2.45, 2.75) is 24.4 Å². The molecule has 2 heterocycles. The van der Waals surface area contributed by atoms with Crippen LogP contribution < -0.4 is 4.74 Å². The Morgan fingerprint density at radius 1 is 0.920 bits per heavy atom. The largest absolute Gasteiger partial charge is 0.470 e. The van der Waals surface area contributed by atoms with E-state index in [4.69, 9.17) is 4.74 Å². The standard InChI is InChI=1S/C19H19N3OS2/c1(6-12-23-19-22-16-10-4-5-11-17(16)25-19)7-13-24-18-20-14-8-2-3-9-15(14)21-18/h2-5,8-11H,1,6-7,12-13H2,(H,20,21). The SMILES string of the molecule is c1ccc2[nH]c(SCCCCCOc3nc4ccccc4s3)nc2c1. The van der Waals surface area contributed by atoms with Crippen molar-refractivity contribution in [2.75, 3.05) is 12.4 Å². The third-order valence-corrected chi connectivity index (χ3v) is 5.80. The summed E-state index contributed by atoms with van der Waals surface area (Å²) in [5.74, 6) is 1.07. The van der Waals surface area contributed by atoms with Gasteiger partial charge in [-0.05, 0) is 43.5 Å². The van der Waals surface area contributed by atoms with Crippen molar-refractivity contribution in [3.63, 3.8) is 0 Å². The van der Waals surface area contributed by atoms with Gasteiger partial charge in [0.25, 0.3) is 5.19 Å². The predicted molar refractivity (Wildman–Crippen MR) is 106 cm³/mol. The maximum atomic E-state index is 5.78. The van der Waals surface area contributed by atoms with Crippen molar-refractivity contribution in [1.29, 1.82) is 0 Å². The molecule has 25 heavy (non-hydrogen) atoms. The minimum absolute atomic E-state index is 0.731. The molecule has 0 spiro atoms. The summed E-state index contributed by atoms with van der Waals surface area (Å²) < 4.78 is 6.96. The summed E-state index contributed by atoms with van der Waals surface area (Å²) in [5.41, 5.74) is 3.16. The molecule has 0 unspecified atom stereocenters. The van der Waals surface area contributed by atoms with Gasteiger partial charge in [0.15, 0.2) is 5.16 Å². The lowest BCUT2D eigenvalue weighted by Gasteiger charge is -2.02. The van der Waals surface area contributed by atoms with Crippen molar-refractivity contribution >= 4 is 44.3 Å². The zero-order valence-electron chi connectivity index (χ0n) is 13.8. The Kier molecular flexibility index (Phi) is 5.18. The first kappa shape index (κ1) is 16.4. The fraction of sp³-hybridized carbons (Fsp3) is 0.263. The molecule has 0 aliphatic heterocycles. The van der Waals surface area contributed by atoms with Crippen LogP contribution in [0.4, 0.5) is 0 Å². The van der Waals surface area contributed by atoms with Gasteiger partial charge in [0.1, 0.15) is 0 Å². The van der Waals surface area contributed by atoms with Gasteiger partial charge in [-0.1, -0.05) is 47.4 Å². The van der Waals surface area contributed by atoms with Gasteiger partial charge in [0.05, 0.1) is 27.9 Å². The monoisotopic (exact) mass is 369 g/mol. The number of hydrogen-bond acceptors (Lipinski definition) is 5. The minimum atomic E-state index is 0.731. The molecular weight excluding hydrogens is 350 g/mol. The Labute approximate surface area is 154 Å². The second-order valence-electron chi connectivity index (χ2n) is 5.76. The molecule has 4 nitrogen and oxygen atoms in total. The molecule has 2 aromatic heterocycles. The fourth-order valence-electron chi connectivity index (χ4n) is 2.62. The molecule has 0 saturated carbocycles. The van der Waals surface area contributed by atoms with E-state index in [1.807, 2.05) is 36.4 Å². The van der Waals surface area contributed by atoms with Crippen LogP contribution in [0.3, 0.4) is 0 Å². The first-order valence-corrected chi connectivity index (χ1v) is 10.2. The highest BCUT2D eigenvalue weighted by molar-refractivity contribution is 7.99. The smallest absolute Gasteiger partial charge is 0.274 e. The van der Waals surface area contributed by atoms with Gasteiger partial charge in [0, 0.05) is 5.75 Å². The van der Waals surface area contributed by atoms with Gasteiger partial charge < -0.3 is 9.72 Å². The van der Waals surface area contributed by atoms with Crippen LogP contribution >= 0.6 is 23.1 Å². The molecule has 0 radical (unpaired) electrons. The number of imidazole rings is 1. The summed E-state index contributed by atoms with van der Waals surface area (Å²) >= 11 is 3.40. The number of thiazole rings is 1. The third kappa shape index (κ3) is 4.14. The van der Waals surface area contributed by atoms with Crippen LogP contribution in [0.2, 0.25) is 0 Å². The maximum Gasteiger partial charge on any atom is 0.274 e. The van der Waals surface area contributed by atoms with E-state index in [0.29, 0.717) is 0 Å². The number of fused-ring (bicyclic) bond motifs is 2. The van der Waals surface area contributed by atoms with E-state index in [1.165, 1.54) is 4.70 Å². The Hall–Kier alpha value is -2.05. The molecule has 4 aromatic rings. The van der Waals surface area contributed by atoms with Crippen LogP contribution in [0, 0.1) is 0 Å². The van der Waals surface area contributed by atoms with Gasteiger partial charge in [-0.15, -0.1) is 0 Å². The Morgan fingerprint density at radius 3 is 2.64 bits per heavy atom. The number of para-hydroxylation sites is 3. The van der Waals surface area contributed by atoms with E-state index in [1.54, 1.807) is 23.1 Å². The van der Waals surface area contributed by atoms with E-state index in [-0.39, 0.29) is 0 Å². The molecule has 0 bridgehead atoms. The van der Waals surface area contributed by atoms with Crippen molar-refractivity contribution in [2.24, 2.45) is 0 Å². The summed E-state index contributed by atoms with van der Waals surface area (Å²) in [7, 11) is 0. The van der Waals surface area contributed by atoms with Gasteiger partial charge in [-0.3, -0.25) is 0 Å². The number of aromatic nitrogens is 3. The number of thioether (sulfide) groups is 1. The molecule has 0 saturated heterocycles. The number of benzene rings is 2. The second-order valence-corrected chi connectivity index (χ2v) is 7.84. The molecule has 0 fully saturated rings. The summed E-state index contributed by atoms with van der Waals surface area (Å²) in [6.07, 6.45) is 3.36. The lowest BCUT2D eigenvalue weighted by molar-refractivity contribution is 0.305. The van der Waals surface area contributed by atoms with Crippen LogP contribution in [0.15, 0.2) is 53.7 Å². The number of hydrogen-bond donors (Lipinski definition) is 1. The summed E-state index contributed by atoms with van der Waals surface area (Å²) in [5, 5.41) is 1.78. The van der Waals surface area contributed by atoms with Crippen molar-refractivity contribution in [3.05, 3.63) is 48.5 Å². The Morgan fingerprint density at radius 2 is 1.76 bits per heavy atom. The Bertz CT molecular complexity index is 819. The lowest BCUT2D eigenvalue weighted by atomic mass is 10.3. The van der Waals surface area contributed by atoms with E-state index < -0.39 is 0 Å². The fourth-order valence-corrected chi connectivity index (χ4v) is 4.35. The number of nitrogens with one attached hydrogen (secondary N) is 1. The molecule has 128 valence electrons. The van der Waals surface area contributed by atoms with Gasteiger partial charge in [0.2, 0.25) is 0 Å². The lowest BCUT2D eigenvalue weighted by Crippen LogP contribution is -1.97. The van der Waals surface area contributed by atoms with Gasteiger partial charge in [-0.25, -0.2) is 9.97 Å². The average Bonchev–Trinajstić information content (AvgIpc) is 3.23. The minimum Gasteiger partial charge on any atom is -0.470 e. The van der Waals surface area contributed by atoms with E-state index in [2.05, 4.69) is 27.1 Å². The van der Waals surface area contributed by atoms with Crippen LogP contribution in [0.25, 0.3) is 21.3 Å². The second kappa shape index (κ2) is 7.89. The molecule has 4 rings (SSSR count). The topological polar surface area (TPSA) is 50.8 Å². The van der Waals surface area contributed by atoms with E-state index >= 15 is 0 Å². The molecule has 0 atom stereocenters. The molecule has 6 heteroatoms. The predicted octanol–water partition coefficient (Wildman–Crippen LogP) is 5.51. The number of H-pyrrole nitrogens is 1. The summed E-state index contributed by atoms with van der Waals surface area (Å²) in [6.45, 7) is 0.731. The van der Waals surface area contributed by atoms with Crippen LogP contribution in [0.1, 0.15) is 19.3 Å². The first-order chi connectivity index (χ1) is 12.4. The molecule has 1 N–H and O–H groups in total. The van der Waals surface area contributed by atoms with E-state index in [0.717, 1.165) is 58.5 Å². The summed E-state index contributed by atoms with van der Waals surface area (Å²) in [4.78, 5) is 12.4. The molecule has 0 aliphatic carbocycles. The highest BCUT2D eigenvalue weighted by Gasteiger charge is 2.04. The zero-order valence-corrected chi connectivity index (χ0v) is 15.4. The molecule has 0 aliphatic rings.